The van der Waals surface area contributed by atoms with E-state index in [0.29, 0.717) is 24.2 Å². The molecule has 31 heavy (non-hydrogen) atoms. The number of carbonyl (C=O) groups is 1. The first-order chi connectivity index (χ1) is 15.0. The largest absolute Gasteiger partial charge is 0.364 e. The number of primary amides is 1. The number of aryl methyl sites for hydroxylation is 1. The number of piperazine rings is 1. The smallest absolute Gasteiger partial charge is 0.267 e. The van der Waals surface area contributed by atoms with Crippen LogP contribution in [0.1, 0.15) is 41.4 Å². The van der Waals surface area contributed by atoms with Crippen molar-refractivity contribution in [2.75, 3.05) is 18.0 Å². The van der Waals surface area contributed by atoms with Gasteiger partial charge in [0.25, 0.3) is 11.5 Å². The number of anilines is 1. The molecular formula is C23H26N6O2. The van der Waals surface area contributed by atoms with Gasteiger partial charge in [-0.1, -0.05) is 6.92 Å². The summed E-state index contributed by atoms with van der Waals surface area (Å²) in [6, 6.07) is 8.48. The summed E-state index contributed by atoms with van der Waals surface area (Å²) in [5.41, 5.74) is 10.1. The minimum absolute atomic E-state index is 0.0300. The van der Waals surface area contributed by atoms with Gasteiger partial charge in [-0.2, -0.15) is 0 Å². The van der Waals surface area contributed by atoms with E-state index in [2.05, 4.69) is 30.8 Å². The molecule has 3 aromatic rings. The van der Waals surface area contributed by atoms with E-state index in [0.717, 1.165) is 60.3 Å². The third-order valence-electron chi connectivity index (χ3n) is 6.62. The van der Waals surface area contributed by atoms with Crippen molar-refractivity contribution in [1.29, 1.82) is 0 Å². The average molecular weight is 419 g/mol. The lowest BCUT2D eigenvalue weighted by atomic mass is 9.81. The SMILES string of the molecule is CCc1cc2ncc(CN3CCN(c4ccc(C(N)=O)nc4)[C@@H]4CC[C@H]43)cc2[nH]c1=O. The van der Waals surface area contributed by atoms with Gasteiger partial charge in [-0.15, -0.1) is 0 Å². The summed E-state index contributed by atoms with van der Waals surface area (Å²) >= 11 is 0. The molecule has 2 fully saturated rings. The van der Waals surface area contributed by atoms with Gasteiger partial charge in [-0.05, 0) is 49.1 Å². The molecule has 4 heterocycles. The first-order valence-electron chi connectivity index (χ1n) is 10.8. The third-order valence-corrected chi connectivity index (χ3v) is 6.62. The quantitative estimate of drug-likeness (QED) is 0.654. The van der Waals surface area contributed by atoms with Crippen molar-refractivity contribution >= 4 is 22.6 Å². The lowest BCUT2D eigenvalue weighted by Gasteiger charge is -2.54. The van der Waals surface area contributed by atoms with E-state index in [1.807, 2.05) is 25.3 Å². The van der Waals surface area contributed by atoms with E-state index in [1.54, 1.807) is 12.3 Å². The number of carbonyl (C=O) groups excluding carboxylic acids is 1. The summed E-state index contributed by atoms with van der Waals surface area (Å²) in [6.07, 6.45) is 6.67. The standard InChI is InChI=1S/C23H26N6O2/c1-2-15-10-18-19(27-23(15)31)9-14(11-25-18)13-28-7-8-29(21-6-5-20(21)28)16-3-4-17(22(24)30)26-12-16/h3-4,9-12,20-21H,2,5-8,13H2,1H3,(H2,24,30)(H,27,31)/t20-,21-/m1/s1. The molecule has 2 atom stereocenters. The Labute approximate surface area is 180 Å². The second-order valence-corrected chi connectivity index (χ2v) is 8.40. The van der Waals surface area contributed by atoms with Crippen molar-refractivity contribution in [3.63, 3.8) is 0 Å². The average Bonchev–Trinajstić information content (AvgIpc) is 2.74. The number of fused-ring (bicyclic) bond motifs is 2. The maximum atomic E-state index is 12.2. The van der Waals surface area contributed by atoms with Crippen molar-refractivity contribution in [2.45, 2.75) is 44.8 Å². The van der Waals surface area contributed by atoms with Crippen molar-refractivity contribution in [1.82, 2.24) is 19.9 Å². The zero-order valence-corrected chi connectivity index (χ0v) is 17.5. The second-order valence-electron chi connectivity index (χ2n) is 8.40. The van der Waals surface area contributed by atoms with Gasteiger partial charge in [0, 0.05) is 43.5 Å². The lowest BCUT2D eigenvalue weighted by molar-refractivity contribution is 0.0658. The highest BCUT2D eigenvalue weighted by atomic mass is 16.1. The molecule has 8 heteroatoms. The maximum Gasteiger partial charge on any atom is 0.267 e. The van der Waals surface area contributed by atoms with Crippen LogP contribution in [0.25, 0.3) is 11.0 Å². The Morgan fingerprint density at radius 1 is 1.16 bits per heavy atom. The lowest BCUT2D eigenvalue weighted by Crippen LogP contribution is -2.64. The molecule has 0 bridgehead atoms. The second kappa shape index (κ2) is 7.77. The fraction of sp³-hybridized carbons (Fsp3) is 0.391. The molecule has 0 spiro atoms. The Kier molecular flexibility index (Phi) is 4.94. The van der Waals surface area contributed by atoms with Gasteiger partial charge in [-0.25, -0.2) is 4.98 Å². The molecular weight excluding hydrogens is 392 g/mol. The summed E-state index contributed by atoms with van der Waals surface area (Å²) < 4.78 is 0. The topological polar surface area (TPSA) is 108 Å². The summed E-state index contributed by atoms with van der Waals surface area (Å²) in [7, 11) is 0. The zero-order valence-electron chi connectivity index (χ0n) is 17.5. The fourth-order valence-electron chi connectivity index (χ4n) is 4.79. The molecule has 1 saturated carbocycles. The number of nitrogens with two attached hydrogens (primary N) is 1. The Morgan fingerprint density at radius 3 is 2.68 bits per heavy atom. The van der Waals surface area contributed by atoms with Gasteiger partial charge >= 0.3 is 0 Å². The number of H-pyrrole nitrogens is 1. The highest BCUT2D eigenvalue weighted by Gasteiger charge is 2.42. The van der Waals surface area contributed by atoms with Crippen LogP contribution >= 0.6 is 0 Å². The molecule has 0 unspecified atom stereocenters. The van der Waals surface area contributed by atoms with E-state index in [9.17, 15) is 9.59 Å². The van der Waals surface area contributed by atoms with Crippen molar-refractivity contribution in [3.05, 3.63) is 63.8 Å². The number of aromatic nitrogens is 3. The minimum Gasteiger partial charge on any atom is -0.364 e. The van der Waals surface area contributed by atoms with Crippen LogP contribution in [0.4, 0.5) is 5.69 Å². The van der Waals surface area contributed by atoms with Gasteiger partial charge in [0.05, 0.1) is 22.9 Å². The van der Waals surface area contributed by atoms with Gasteiger partial charge in [0.2, 0.25) is 0 Å². The van der Waals surface area contributed by atoms with E-state index < -0.39 is 5.91 Å². The molecule has 0 radical (unpaired) electrons. The number of hydrogen-bond donors (Lipinski definition) is 2. The number of amides is 1. The monoisotopic (exact) mass is 418 g/mol. The van der Waals surface area contributed by atoms with Crippen LogP contribution in [-0.2, 0) is 13.0 Å². The predicted molar refractivity (Wildman–Crippen MR) is 119 cm³/mol. The first-order valence-corrected chi connectivity index (χ1v) is 10.8. The molecule has 1 aliphatic heterocycles. The van der Waals surface area contributed by atoms with Crippen LogP contribution in [0.3, 0.4) is 0 Å². The normalized spacial score (nSPS) is 21.0. The number of nitrogens with zero attached hydrogens (tertiary/aromatic N) is 4. The maximum absolute atomic E-state index is 12.2. The molecule has 3 N–H and O–H groups in total. The molecule has 1 saturated heterocycles. The summed E-state index contributed by atoms with van der Waals surface area (Å²) in [5.74, 6) is -0.505. The molecule has 2 aliphatic rings. The van der Waals surface area contributed by atoms with Crippen LogP contribution in [-0.4, -0.2) is 50.9 Å². The highest BCUT2D eigenvalue weighted by molar-refractivity contribution is 5.90. The highest BCUT2D eigenvalue weighted by Crippen LogP contribution is 2.37. The molecule has 8 nitrogen and oxygen atoms in total. The van der Waals surface area contributed by atoms with Crippen LogP contribution in [0.15, 0.2) is 41.5 Å². The summed E-state index contributed by atoms with van der Waals surface area (Å²) in [4.78, 5) is 40.1. The van der Waals surface area contributed by atoms with Crippen molar-refractivity contribution in [3.8, 4) is 0 Å². The van der Waals surface area contributed by atoms with E-state index in [4.69, 9.17) is 5.73 Å². The van der Waals surface area contributed by atoms with E-state index >= 15 is 0 Å². The number of rotatable bonds is 5. The third kappa shape index (κ3) is 3.57. The fourth-order valence-corrected chi connectivity index (χ4v) is 4.79. The van der Waals surface area contributed by atoms with Gasteiger partial charge < -0.3 is 15.6 Å². The van der Waals surface area contributed by atoms with Crippen LogP contribution < -0.4 is 16.2 Å². The molecule has 160 valence electrons. The molecule has 0 aromatic carbocycles. The molecule has 1 amide bonds. The first kappa shape index (κ1) is 19.7. The number of pyridine rings is 3. The van der Waals surface area contributed by atoms with Crippen molar-refractivity contribution in [2.24, 2.45) is 5.73 Å². The van der Waals surface area contributed by atoms with E-state index in [1.165, 1.54) is 0 Å². The molecule has 1 aliphatic carbocycles. The Hall–Kier alpha value is -3.26. The molecule has 3 aromatic heterocycles. The van der Waals surface area contributed by atoms with Gasteiger partial charge in [0.15, 0.2) is 0 Å². The van der Waals surface area contributed by atoms with Crippen molar-refractivity contribution < 1.29 is 4.79 Å². The number of aromatic amines is 1. The van der Waals surface area contributed by atoms with Gasteiger partial charge in [0.1, 0.15) is 5.69 Å². The Bertz CT molecular complexity index is 1190. The zero-order chi connectivity index (χ0) is 21.5. The Morgan fingerprint density at radius 2 is 2.00 bits per heavy atom. The Balaban J connectivity index is 1.32. The van der Waals surface area contributed by atoms with Crippen LogP contribution in [0, 0.1) is 0 Å². The number of hydrogen-bond acceptors (Lipinski definition) is 6. The van der Waals surface area contributed by atoms with Crippen LogP contribution in [0.2, 0.25) is 0 Å². The summed E-state index contributed by atoms with van der Waals surface area (Å²) in [6.45, 7) is 4.62. The van der Waals surface area contributed by atoms with E-state index in [-0.39, 0.29) is 5.56 Å². The predicted octanol–water partition coefficient (Wildman–Crippen LogP) is 1.83. The van der Waals surface area contributed by atoms with Gasteiger partial charge in [-0.3, -0.25) is 19.5 Å². The molecule has 5 rings (SSSR count). The minimum atomic E-state index is -0.505. The summed E-state index contributed by atoms with van der Waals surface area (Å²) in [5, 5.41) is 0. The number of nitrogens with one attached hydrogen (secondary N) is 1. The van der Waals surface area contributed by atoms with Crippen LogP contribution in [0.5, 0.6) is 0 Å².